The third-order valence-corrected chi connectivity index (χ3v) is 3.42. The van der Waals surface area contributed by atoms with E-state index in [1.165, 1.54) is 24.3 Å². The zero-order chi connectivity index (χ0) is 15.3. The Labute approximate surface area is 121 Å². The number of carbonyl (C=O) groups is 1. The molecule has 1 aromatic rings. The Morgan fingerprint density at radius 2 is 1.81 bits per heavy atom. The third kappa shape index (κ3) is 5.25. The van der Waals surface area contributed by atoms with Crippen molar-refractivity contribution in [3.8, 4) is 5.75 Å². The summed E-state index contributed by atoms with van der Waals surface area (Å²) in [4.78, 5) is 12.2. The second-order valence-electron chi connectivity index (χ2n) is 5.12. The van der Waals surface area contributed by atoms with E-state index in [9.17, 15) is 18.0 Å². The van der Waals surface area contributed by atoms with Crippen molar-refractivity contribution >= 4 is 5.78 Å². The van der Waals surface area contributed by atoms with Crippen molar-refractivity contribution in [1.29, 1.82) is 0 Å². The predicted molar refractivity (Wildman–Crippen MR) is 73.0 cm³/mol. The van der Waals surface area contributed by atoms with Crippen LogP contribution in [0.3, 0.4) is 0 Å². The fourth-order valence-corrected chi connectivity index (χ4v) is 2.38. The fourth-order valence-electron chi connectivity index (χ4n) is 2.38. The molecule has 5 heteroatoms. The summed E-state index contributed by atoms with van der Waals surface area (Å²) in [6.45, 7) is 0. The number of hydrogen-bond acceptors (Lipinski definition) is 2. The van der Waals surface area contributed by atoms with Crippen molar-refractivity contribution in [3.63, 3.8) is 0 Å². The fraction of sp³-hybridized carbons (Fsp3) is 0.438. The smallest absolute Gasteiger partial charge is 0.406 e. The van der Waals surface area contributed by atoms with Crippen LogP contribution in [0.4, 0.5) is 13.2 Å². The maximum atomic E-state index is 12.2. The first-order valence-corrected chi connectivity index (χ1v) is 7.01. The van der Waals surface area contributed by atoms with Gasteiger partial charge in [-0.1, -0.05) is 24.6 Å². The van der Waals surface area contributed by atoms with Gasteiger partial charge in [0.2, 0.25) is 0 Å². The van der Waals surface area contributed by atoms with E-state index in [1.807, 2.05) is 6.08 Å². The highest BCUT2D eigenvalue weighted by Gasteiger charge is 2.30. The number of benzene rings is 1. The Morgan fingerprint density at radius 3 is 2.48 bits per heavy atom. The Balaban J connectivity index is 1.96. The van der Waals surface area contributed by atoms with E-state index in [1.54, 1.807) is 0 Å². The van der Waals surface area contributed by atoms with Gasteiger partial charge in [-0.15, -0.1) is 13.2 Å². The monoisotopic (exact) mass is 298 g/mol. The molecule has 0 saturated heterocycles. The summed E-state index contributed by atoms with van der Waals surface area (Å²) < 4.78 is 39.9. The largest absolute Gasteiger partial charge is 0.573 e. The summed E-state index contributed by atoms with van der Waals surface area (Å²) >= 11 is 0. The lowest BCUT2D eigenvalue weighted by molar-refractivity contribution is -0.274. The molecule has 0 aliphatic heterocycles. The molecule has 0 spiro atoms. The Hall–Kier alpha value is -1.78. The normalized spacial score (nSPS) is 16.0. The summed E-state index contributed by atoms with van der Waals surface area (Å²) in [5.74, 6) is -0.214. The molecule has 21 heavy (non-hydrogen) atoms. The van der Waals surface area contributed by atoms with Gasteiger partial charge in [-0.05, 0) is 49.0 Å². The lowest BCUT2D eigenvalue weighted by Crippen LogP contribution is -2.17. The first-order valence-electron chi connectivity index (χ1n) is 7.01. The Kier molecular flexibility index (Phi) is 5.04. The molecule has 1 aliphatic carbocycles. The van der Waals surface area contributed by atoms with Crippen molar-refractivity contribution in [3.05, 3.63) is 41.5 Å². The van der Waals surface area contributed by atoms with Crippen LogP contribution in [0.15, 0.2) is 35.9 Å². The van der Waals surface area contributed by atoms with Gasteiger partial charge in [0.25, 0.3) is 0 Å². The summed E-state index contributed by atoms with van der Waals surface area (Å²) in [6.07, 6.45) is 2.53. The Morgan fingerprint density at radius 1 is 1.10 bits per heavy atom. The molecule has 0 aromatic heterocycles. The quantitative estimate of drug-likeness (QED) is 0.813. The van der Waals surface area contributed by atoms with Gasteiger partial charge in [-0.25, -0.2) is 0 Å². The number of ketones is 1. The van der Waals surface area contributed by atoms with Gasteiger partial charge in [0, 0.05) is 6.42 Å². The number of alkyl halides is 3. The van der Waals surface area contributed by atoms with Crippen molar-refractivity contribution in [2.24, 2.45) is 0 Å². The van der Waals surface area contributed by atoms with Crippen LogP contribution in [0.5, 0.6) is 5.75 Å². The van der Waals surface area contributed by atoms with Crippen molar-refractivity contribution in [2.75, 3.05) is 0 Å². The molecule has 0 atom stereocenters. The number of halogens is 3. The van der Waals surface area contributed by atoms with Crippen LogP contribution in [0.2, 0.25) is 0 Å². The highest BCUT2D eigenvalue weighted by atomic mass is 19.4. The molecule has 2 nitrogen and oxygen atoms in total. The van der Waals surface area contributed by atoms with Crippen molar-refractivity contribution < 1.29 is 22.7 Å². The number of Topliss-reactive ketones (excluding diaryl/α,β-unsaturated/α-hetero) is 1. The second kappa shape index (κ2) is 6.78. The molecule has 0 bridgehead atoms. The predicted octanol–water partition coefficient (Wildman–Crippen LogP) is 4.59. The number of allylic oxidation sites excluding steroid dienone is 2. The third-order valence-electron chi connectivity index (χ3n) is 3.42. The van der Waals surface area contributed by atoms with Crippen LogP contribution >= 0.6 is 0 Å². The minimum atomic E-state index is -4.69. The molecular weight excluding hydrogens is 281 g/mol. The summed E-state index contributed by atoms with van der Waals surface area (Å²) in [6, 6.07) is 5.46. The average molecular weight is 298 g/mol. The zero-order valence-electron chi connectivity index (χ0n) is 11.6. The maximum Gasteiger partial charge on any atom is 0.573 e. The molecular formula is C16H17F3O2. The zero-order valence-corrected chi connectivity index (χ0v) is 11.6. The van der Waals surface area contributed by atoms with E-state index < -0.39 is 6.36 Å². The maximum absolute atomic E-state index is 12.2. The molecule has 0 N–H and O–H groups in total. The first kappa shape index (κ1) is 15.6. The molecule has 0 saturated carbocycles. The minimum Gasteiger partial charge on any atom is -0.406 e. The average Bonchev–Trinajstić information content (AvgIpc) is 2.68. The lowest BCUT2D eigenvalue weighted by atomic mass is 10.00. The second-order valence-corrected chi connectivity index (χ2v) is 5.12. The van der Waals surface area contributed by atoms with E-state index in [-0.39, 0.29) is 18.0 Å². The summed E-state index contributed by atoms with van der Waals surface area (Å²) in [5, 5.41) is 0. The van der Waals surface area contributed by atoms with Crippen molar-refractivity contribution in [2.45, 2.75) is 44.9 Å². The van der Waals surface area contributed by atoms with Crippen LogP contribution in [0.1, 0.15) is 37.7 Å². The number of hydrogen-bond donors (Lipinski definition) is 0. The van der Waals surface area contributed by atoms with Crippen LogP contribution in [0.25, 0.3) is 0 Å². The van der Waals surface area contributed by atoms with Gasteiger partial charge in [-0.2, -0.15) is 0 Å². The van der Waals surface area contributed by atoms with Gasteiger partial charge in [0.1, 0.15) is 5.75 Å². The van der Waals surface area contributed by atoms with E-state index in [0.29, 0.717) is 5.56 Å². The van der Waals surface area contributed by atoms with Crippen LogP contribution in [0, 0.1) is 0 Å². The van der Waals surface area contributed by atoms with Gasteiger partial charge in [0.15, 0.2) is 5.78 Å². The topological polar surface area (TPSA) is 26.3 Å². The molecule has 1 aliphatic rings. The van der Waals surface area contributed by atoms with Crippen LogP contribution in [-0.2, 0) is 11.2 Å². The highest BCUT2D eigenvalue weighted by Crippen LogP contribution is 2.24. The SMILES string of the molecule is O=C(Cc1ccc(OC(F)(F)F)cc1)C1=CCCCCC1. The van der Waals surface area contributed by atoms with E-state index >= 15 is 0 Å². The van der Waals surface area contributed by atoms with Crippen LogP contribution < -0.4 is 4.74 Å². The van der Waals surface area contributed by atoms with Crippen molar-refractivity contribution in [1.82, 2.24) is 0 Å². The highest BCUT2D eigenvalue weighted by molar-refractivity contribution is 5.96. The lowest BCUT2D eigenvalue weighted by Gasteiger charge is -2.09. The molecule has 114 valence electrons. The van der Waals surface area contributed by atoms with E-state index in [2.05, 4.69) is 4.74 Å². The van der Waals surface area contributed by atoms with Crippen LogP contribution in [-0.4, -0.2) is 12.1 Å². The first-order chi connectivity index (χ1) is 9.94. The van der Waals surface area contributed by atoms with Gasteiger partial charge in [0.05, 0.1) is 0 Å². The number of ether oxygens (including phenoxy) is 1. The molecule has 0 heterocycles. The van der Waals surface area contributed by atoms with Gasteiger partial charge in [-0.3, -0.25) is 4.79 Å². The van der Waals surface area contributed by atoms with Gasteiger partial charge < -0.3 is 4.74 Å². The Bertz CT molecular complexity index is 515. The summed E-state index contributed by atoms with van der Waals surface area (Å²) in [5.41, 5.74) is 1.54. The number of rotatable bonds is 4. The minimum absolute atomic E-state index is 0.0568. The molecule has 0 unspecified atom stereocenters. The molecule has 0 fully saturated rings. The summed E-state index contributed by atoms with van der Waals surface area (Å²) in [7, 11) is 0. The molecule has 1 aromatic carbocycles. The van der Waals surface area contributed by atoms with Gasteiger partial charge >= 0.3 is 6.36 Å². The van der Waals surface area contributed by atoms with E-state index in [4.69, 9.17) is 0 Å². The van der Waals surface area contributed by atoms with E-state index in [0.717, 1.165) is 37.7 Å². The molecule has 2 rings (SSSR count). The number of carbonyl (C=O) groups excluding carboxylic acids is 1. The molecule has 0 amide bonds. The standard InChI is InChI=1S/C16H17F3O2/c17-16(18,19)21-14-9-7-12(8-10-14)11-15(20)13-5-3-1-2-4-6-13/h5,7-10H,1-4,6,11H2. The molecule has 0 radical (unpaired) electrons.